The molecule has 1 fully saturated rings. The fraction of sp³-hybridized carbons (Fsp3) is 0.333. The number of piperazine rings is 1. The zero-order valence-electron chi connectivity index (χ0n) is 20.4. The standard InChI is InChI=1S/C21H23F3N6O8S2/c22-21(23,24)15-11-14(18(31)27-20(25)30(12-39(33,34)35)13-40(36,37)38)4-5-17(15)28-7-9-29(10-8-28)19(32)16-3-1-2-6-26-16/h1-6,11H,7-10,12-13H2,(H2,25,27,31)(H,33,34,35)(H,36,37,38). The van der Waals surface area contributed by atoms with Crippen molar-refractivity contribution in [1.29, 1.82) is 5.41 Å². The first kappa shape index (κ1) is 30.7. The van der Waals surface area contributed by atoms with Gasteiger partial charge in [0, 0.05) is 43.6 Å². The van der Waals surface area contributed by atoms with Crippen molar-refractivity contribution in [3.63, 3.8) is 0 Å². The normalized spacial score (nSPS) is 14.5. The summed E-state index contributed by atoms with van der Waals surface area (Å²) in [5, 5.41) is 9.50. The molecule has 14 nitrogen and oxygen atoms in total. The molecule has 1 aromatic heterocycles. The average molecular weight is 609 g/mol. The second-order valence-corrected chi connectivity index (χ2v) is 11.3. The number of halogens is 3. The molecule has 1 aliphatic heterocycles. The van der Waals surface area contributed by atoms with Gasteiger partial charge in [-0.1, -0.05) is 6.07 Å². The lowest BCUT2D eigenvalue weighted by atomic mass is 10.1. The van der Waals surface area contributed by atoms with Crippen molar-refractivity contribution < 1.29 is 48.7 Å². The van der Waals surface area contributed by atoms with Gasteiger partial charge in [-0.25, -0.2) is 0 Å². The van der Waals surface area contributed by atoms with Crippen LogP contribution in [0.15, 0.2) is 42.6 Å². The molecule has 0 bridgehead atoms. The lowest BCUT2D eigenvalue weighted by Gasteiger charge is -2.37. The van der Waals surface area contributed by atoms with Crippen LogP contribution in [0.2, 0.25) is 0 Å². The quantitative estimate of drug-likeness (QED) is 0.196. The fourth-order valence-corrected chi connectivity index (χ4v) is 5.14. The van der Waals surface area contributed by atoms with Crippen LogP contribution in [-0.4, -0.2) is 96.4 Å². The predicted octanol–water partition coefficient (Wildman–Crippen LogP) is 0.720. The maximum absolute atomic E-state index is 14.0. The van der Waals surface area contributed by atoms with Gasteiger partial charge in [-0.15, -0.1) is 0 Å². The van der Waals surface area contributed by atoms with Crippen molar-refractivity contribution in [2.45, 2.75) is 6.18 Å². The van der Waals surface area contributed by atoms with E-state index in [1.807, 2.05) is 0 Å². The van der Waals surface area contributed by atoms with Gasteiger partial charge in [-0.05, 0) is 30.3 Å². The van der Waals surface area contributed by atoms with E-state index >= 15 is 0 Å². The monoisotopic (exact) mass is 608 g/mol. The van der Waals surface area contributed by atoms with Crippen LogP contribution in [0, 0.1) is 5.41 Å². The van der Waals surface area contributed by atoms with Crippen molar-refractivity contribution in [2.75, 3.05) is 42.8 Å². The number of anilines is 1. The van der Waals surface area contributed by atoms with E-state index in [0.717, 1.165) is 12.1 Å². The summed E-state index contributed by atoms with van der Waals surface area (Å²) < 4.78 is 104. The first-order valence-electron chi connectivity index (χ1n) is 11.2. The molecule has 1 aliphatic rings. The summed E-state index contributed by atoms with van der Waals surface area (Å²) in [4.78, 5) is 32.0. The van der Waals surface area contributed by atoms with Crippen LogP contribution in [0.3, 0.4) is 0 Å². The van der Waals surface area contributed by atoms with E-state index in [9.17, 15) is 39.6 Å². The Morgan fingerprint density at radius 2 is 1.60 bits per heavy atom. The maximum Gasteiger partial charge on any atom is 0.418 e. The van der Waals surface area contributed by atoms with Crippen molar-refractivity contribution in [2.24, 2.45) is 0 Å². The zero-order valence-corrected chi connectivity index (χ0v) is 22.0. The van der Waals surface area contributed by atoms with Crippen LogP contribution in [-0.2, 0) is 26.4 Å². The highest BCUT2D eigenvalue weighted by molar-refractivity contribution is 7.86. The van der Waals surface area contributed by atoms with Gasteiger partial charge in [-0.2, -0.15) is 30.0 Å². The summed E-state index contributed by atoms with van der Waals surface area (Å²) >= 11 is 0. The third-order valence-electron chi connectivity index (χ3n) is 5.54. The number of aromatic nitrogens is 1. The summed E-state index contributed by atoms with van der Waals surface area (Å²) in [5.41, 5.74) is -1.89. The Hall–Kier alpha value is -3.81. The van der Waals surface area contributed by atoms with E-state index in [-0.39, 0.29) is 48.4 Å². The van der Waals surface area contributed by atoms with E-state index in [1.54, 1.807) is 17.4 Å². The SMILES string of the molecule is N=C(NC(=O)c1ccc(N2CCN(C(=O)c3ccccn3)CC2)c(C(F)(F)F)c1)N(CS(=O)(=O)O)CS(=O)(=O)O. The molecule has 2 aromatic rings. The Balaban J connectivity index is 1.78. The van der Waals surface area contributed by atoms with Crippen LogP contribution < -0.4 is 10.2 Å². The van der Waals surface area contributed by atoms with E-state index < -0.39 is 61.2 Å². The van der Waals surface area contributed by atoms with Crippen LogP contribution in [0.4, 0.5) is 18.9 Å². The smallest absolute Gasteiger partial charge is 0.367 e. The number of amides is 2. The summed E-state index contributed by atoms with van der Waals surface area (Å²) in [6, 6.07) is 7.31. The minimum absolute atomic E-state index is 0.0398. The van der Waals surface area contributed by atoms with Crippen molar-refractivity contribution in [3.05, 3.63) is 59.4 Å². The molecule has 2 heterocycles. The van der Waals surface area contributed by atoms with E-state index in [4.69, 9.17) is 14.5 Å². The van der Waals surface area contributed by atoms with Gasteiger partial charge in [0.15, 0.2) is 5.96 Å². The minimum Gasteiger partial charge on any atom is -0.367 e. The molecule has 0 atom stereocenters. The Morgan fingerprint density at radius 3 is 2.10 bits per heavy atom. The molecule has 1 saturated heterocycles. The second kappa shape index (κ2) is 11.7. The summed E-state index contributed by atoms with van der Waals surface area (Å²) in [6.45, 7) is 0.281. The molecular weight excluding hydrogens is 585 g/mol. The van der Waals surface area contributed by atoms with Gasteiger partial charge in [0.1, 0.15) is 17.4 Å². The van der Waals surface area contributed by atoms with E-state index in [2.05, 4.69) is 4.98 Å². The molecule has 40 heavy (non-hydrogen) atoms. The average Bonchev–Trinajstić information content (AvgIpc) is 2.86. The third kappa shape index (κ3) is 8.34. The zero-order chi connectivity index (χ0) is 29.9. The highest BCUT2D eigenvalue weighted by atomic mass is 32.2. The summed E-state index contributed by atoms with van der Waals surface area (Å²) in [6.07, 6.45) is -3.49. The first-order valence-corrected chi connectivity index (χ1v) is 14.4. The van der Waals surface area contributed by atoms with Gasteiger partial charge >= 0.3 is 6.18 Å². The van der Waals surface area contributed by atoms with Crippen molar-refractivity contribution >= 4 is 43.7 Å². The maximum atomic E-state index is 14.0. The number of guanidine groups is 1. The molecule has 1 aromatic carbocycles. The highest BCUT2D eigenvalue weighted by Gasteiger charge is 2.37. The molecule has 3 rings (SSSR count). The number of nitrogens with one attached hydrogen (secondary N) is 2. The number of nitrogens with zero attached hydrogens (tertiary/aromatic N) is 4. The molecule has 19 heteroatoms. The lowest BCUT2D eigenvalue weighted by molar-refractivity contribution is -0.137. The molecule has 0 radical (unpaired) electrons. The van der Waals surface area contributed by atoms with Gasteiger partial charge in [0.2, 0.25) is 0 Å². The number of rotatable bonds is 7. The number of hydrogen-bond donors (Lipinski definition) is 4. The van der Waals surface area contributed by atoms with Crippen molar-refractivity contribution in [1.82, 2.24) is 20.1 Å². The highest BCUT2D eigenvalue weighted by Crippen LogP contribution is 2.37. The molecule has 218 valence electrons. The van der Waals surface area contributed by atoms with Crippen molar-refractivity contribution in [3.8, 4) is 0 Å². The van der Waals surface area contributed by atoms with Gasteiger partial charge in [0.25, 0.3) is 32.1 Å². The Bertz CT molecular complexity index is 1460. The summed E-state index contributed by atoms with van der Waals surface area (Å²) in [7, 11) is -9.87. The molecule has 2 amide bonds. The van der Waals surface area contributed by atoms with Crippen LogP contribution in [0.5, 0.6) is 0 Å². The molecule has 0 aliphatic carbocycles. The third-order valence-corrected chi connectivity index (χ3v) is 6.82. The van der Waals surface area contributed by atoms with Crippen LogP contribution >= 0.6 is 0 Å². The predicted molar refractivity (Wildman–Crippen MR) is 134 cm³/mol. The minimum atomic E-state index is -4.93. The first-order chi connectivity index (χ1) is 18.4. The number of carbonyl (C=O) groups excluding carboxylic acids is 2. The molecule has 0 unspecified atom stereocenters. The fourth-order valence-electron chi connectivity index (χ4n) is 3.80. The van der Waals surface area contributed by atoms with Gasteiger partial charge < -0.3 is 14.7 Å². The number of benzene rings is 1. The number of alkyl halides is 3. The van der Waals surface area contributed by atoms with Crippen LogP contribution in [0.1, 0.15) is 26.4 Å². The van der Waals surface area contributed by atoms with E-state index in [1.165, 1.54) is 22.1 Å². The topological polar surface area (TPSA) is 201 Å². The van der Waals surface area contributed by atoms with Gasteiger partial charge in [-0.3, -0.25) is 34.4 Å². The largest absolute Gasteiger partial charge is 0.418 e. The number of hydrogen-bond acceptors (Lipinski definition) is 9. The number of pyridine rings is 1. The molecule has 4 N–H and O–H groups in total. The molecular formula is C21H23F3N6O8S2. The van der Waals surface area contributed by atoms with Crippen LogP contribution in [0.25, 0.3) is 0 Å². The second-order valence-electron chi connectivity index (χ2n) is 8.49. The van der Waals surface area contributed by atoms with Gasteiger partial charge in [0.05, 0.1) is 5.56 Å². The Kier molecular flexibility index (Phi) is 9.02. The van der Waals surface area contributed by atoms with E-state index in [0.29, 0.717) is 6.07 Å². The molecule has 0 saturated carbocycles. The Morgan fingerprint density at radius 1 is 1.00 bits per heavy atom. The molecule has 0 spiro atoms. The number of carbonyl (C=O) groups is 2. The lowest BCUT2D eigenvalue weighted by Crippen LogP contribution is -2.49. The summed E-state index contributed by atoms with van der Waals surface area (Å²) in [5.74, 6) is -5.97. The Labute approximate surface area is 226 Å².